The average Bonchev–Trinajstić information content (AvgIpc) is 3.30. The number of furan rings is 1. The number of benzene rings is 1. The van der Waals surface area contributed by atoms with Crippen molar-refractivity contribution in [2.24, 2.45) is 10.7 Å². The molecule has 1 unspecified atom stereocenters. The normalized spacial score (nSPS) is 16.4. The Kier molecular flexibility index (Phi) is 8.27. The molecule has 0 aliphatic carbocycles. The van der Waals surface area contributed by atoms with E-state index in [4.69, 9.17) is 10.2 Å². The van der Waals surface area contributed by atoms with Gasteiger partial charge in [0.1, 0.15) is 5.76 Å². The number of nitrogens with two attached hydrogens (primary N) is 1. The van der Waals surface area contributed by atoms with Gasteiger partial charge >= 0.3 is 0 Å². The van der Waals surface area contributed by atoms with Crippen LogP contribution in [0.2, 0.25) is 0 Å². The molecule has 1 aromatic heterocycles. The van der Waals surface area contributed by atoms with Gasteiger partial charge in [0.25, 0.3) is 0 Å². The highest BCUT2D eigenvalue weighted by molar-refractivity contribution is 14.0. The number of likely N-dealkylation sites (tertiary alicyclic amines) is 1. The van der Waals surface area contributed by atoms with Gasteiger partial charge in [-0.05, 0) is 50.0 Å². The largest absolute Gasteiger partial charge is 0.468 e. The lowest BCUT2D eigenvalue weighted by atomic mass is 10.1. The van der Waals surface area contributed by atoms with E-state index in [1.54, 1.807) is 6.26 Å². The molecule has 0 radical (unpaired) electrons. The molecular formula is C19H27IN4O. The maximum Gasteiger partial charge on any atom is 0.188 e. The molecule has 1 aliphatic heterocycles. The third kappa shape index (κ3) is 6.04. The SMILES string of the molecule is I.NC(=NCC(c1ccco1)N1CCCC1)NCCc1ccccc1. The Morgan fingerprint density at radius 3 is 2.60 bits per heavy atom. The van der Waals surface area contributed by atoms with Gasteiger partial charge in [-0.1, -0.05) is 30.3 Å². The molecule has 25 heavy (non-hydrogen) atoms. The first-order valence-electron chi connectivity index (χ1n) is 8.68. The molecule has 3 N–H and O–H groups in total. The summed E-state index contributed by atoms with van der Waals surface area (Å²) in [6.07, 6.45) is 5.14. The highest BCUT2D eigenvalue weighted by atomic mass is 127. The zero-order valence-electron chi connectivity index (χ0n) is 14.4. The van der Waals surface area contributed by atoms with Crippen molar-refractivity contribution < 1.29 is 4.42 Å². The van der Waals surface area contributed by atoms with Crippen molar-refractivity contribution in [3.8, 4) is 0 Å². The van der Waals surface area contributed by atoms with E-state index >= 15 is 0 Å². The van der Waals surface area contributed by atoms with Crippen LogP contribution in [0.4, 0.5) is 0 Å². The number of hydrogen-bond acceptors (Lipinski definition) is 3. The van der Waals surface area contributed by atoms with Gasteiger partial charge in [-0.2, -0.15) is 0 Å². The Labute approximate surface area is 166 Å². The quantitative estimate of drug-likeness (QED) is 0.383. The second kappa shape index (κ2) is 10.5. The fourth-order valence-electron chi connectivity index (χ4n) is 3.14. The smallest absolute Gasteiger partial charge is 0.188 e. The van der Waals surface area contributed by atoms with Crippen molar-refractivity contribution in [2.45, 2.75) is 25.3 Å². The molecular weight excluding hydrogens is 427 g/mol. The number of guanidine groups is 1. The molecule has 0 saturated carbocycles. The summed E-state index contributed by atoms with van der Waals surface area (Å²) < 4.78 is 5.61. The lowest BCUT2D eigenvalue weighted by molar-refractivity contribution is 0.221. The van der Waals surface area contributed by atoms with E-state index in [1.807, 2.05) is 18.2 Å². The van der Waals surface area contributed by atoms with Crippen molar-refractivity contribution in [3.05, 3.63) is 60.1 Å². The summed E-state index contributed by atoms with van der Waals surface area (Å²) in [5, 5.41) is 3.20. The van der Waals surface area contributed by atoms with E-state index in [1.165, 1.54) is 18.4 Å². The average molecular weight is 454 g/mol. The van der Waals surface area contributed by atoms with E-state index in [0.717, 1.165) is 31.8 Å². The van der Waals surface area contributed by atoms with Crippen LogP contribution in [0.3, 0.4) is 0 Å². The third-order valence-corrected chi connectivity index (χ3v) is 4.45. The van der Waals surface area contributed by atoms with E-state index in [2.05, 4.69) is 39.5 Å². The van der Waals surface area contributed by atoms with Gasteiger partial charge < -0.3 is 15.5 Å². The van der Waals surface area contributed by atoms with Crippen molar-refractivity contribution in [3.63, 3.8) is 0 Å². The minimum absolute atomic E-state index is 0. The van der Waals surface area contributed by atoms with Crippen LogP contribution in [0, 0.1) is 0 Å². The Hall–Kier alpha value is -1.54. The van der Waals surface area contributed by atoms with Crippen LogP contribution in [0.25, 0.3) is 0 Å². The molecule has 136 valence electrons. The summed E-state index contributed by atoms with van der Waals surface area (Å²) in [6.45, 7) is 3.61. The molecule has 0 bridgehead atoms. The Balaban J connectivity index is 0.00000225. The zero-order chi connectivity index (χ0) is 16.6. The molecule has 2 heterocycles. The van der Waals surface area contributed by atoms with Gasteiger partial charge in [-0.3, -0.25) is 9.89 Å². The van der Waals surface area contributed by atoms with Crippen LogP contribution in [-0.2, 0) is 6.42 Å². The van der Waals surface area contributed by atoms with E-state index in [-0.39, 0.29) is 30.0 Å². The second-order valence-corrected chi connectivity index (χ2v) is 6.16. The first kappa shape index (κ1) is 19.8. The van der Waals surface area contributed by atoms with Gasteiger partial charge in [-0.15, -0.1) is 24.0 Å². The topological polar surface area (TPSA) is 66.8 Å². The van der Waals surface area contributed by atoms with Crippen LogP contribution in [0.1, 0.15) is 30.2 Å². The summed E-state index contributed by atoms with van der Waals surface area (Å²) >= 11 is 0. The molecule has 0 spiro atoms. The summed E-state index contributed by atoms with van der Waals surface area (Å²) in [5.41, 5.74) is 7.32. The van der Waals surface area contributed by atoms with Crippen molar-refractivity contribution >= 4 is 29.9 Å². The van der Waals surface area contributed by atoms with Crippen LogP contribution in [-0.4, -0.2) is 37.0 Å². The van der Waals surface area contributed by atoms with Gasteiger partial charge in [0, 0.05) is 6.54 Å². The predicted octanol–water partition coefficient (Wildman–Crippen LogP) is 3.18. The number of halogens is 1. The molecule has 1 atom stereocenters. The molecule has 6 heteroatoms. The molecule has 5 nitrogen and oxygen atoms in total. The highest BCUT2D eigenvalue weighted by Gasteiger charge is 2.25. The number of nitrogens with one attached hydrogen (secondary N) is 1. The van der Waals surface area contributed by atoms with E-state index in [0.29, 0.717) is 12.5 Å². The van der Waals surface area contributed by atoms with Gasteiger partial charge in [-0.25, -0.2) is 0 Å². The Morgan fingerprint density at radius 1 is 1.16 bits per heavy atom. The van der Waals surface area contributed by atoms with Gasteiger partial charge in [0.2, 0.25) is 0 Å². The van der Waals surface area contributed by atoms with Crippen molar-refractivity contribution in [1.82, 2.24) is 10.2 Å². The van der Waals surface area contributed by atoms with E-state index in [9.17, 15) is 0 Å². The molecule has 0 amide bonds. The highest BCUT2D eigenvalue weighted by Crippen LogP contribution is 2.25. The summed E-state index contributed by atoms with van der Waals surface area (Å²) in [4.78, 5) is 6.97. The zero-order valence-corrected chi connectivity index (χ0v) is 16.8. The minimum Gasteiger partial charge on any atom is -0.468 e. The predicted molar refractivity (Wildman–Crippen MR) is 112 cm³/mol. The lowest BCUT2D eigenvalue weighted by Crippen LogP contribution is -2.35. The fourth-order valence-corrected chi connectivity index (χ4v) is 3.14. The number of rotatable bonds is 7. The third-order valence-electron chi connectivity index (χ3n) is 4.45. The molecule has 1 aliphatic rings. The fraction of sp³-hybridized carbons (Fsp3) is 0.421. The molecule has 1 aromatic carbocycles. The summed E-state index contributed by atoms with van der Waals surface area (Å²) in [6, 6.07) is 14.5. The van der Waals surface area contributed by atoms with Crippen molar-refractivity contribution in [2.75, 3.05) is 26.2 Å². The Bertz CT molecular complexity index is 624. The Morgan fingerprint density at radius 2 is 1.92 bits per heavy atom. The van der Waals surface area contributed by atoms with Crippen LogP contribution in [0.15, 0.2) is 58.1 Å². The van der Waals surface area contributed by atoms with Gasteiger partial charge in [0.15, 0.2) is 5.96 Å². The van der Waals surface area contributed by atoms with Crippen molar-refractivity contribution in [1.29, 1.82) is 0 Å². The second-order valence-electron chi connectivity index (χ2n) is 6.16. The summed E-state index contributed by atoms with van der Waals surface area (Å²) in [5.74, 6) is 1.47. The summed E-state index contributed by atoms with van der Waals surface area (Å²) in [7, 11) is 0. The molecule has 2 aromatic rings. The number of hydrogen-bond donors (Lipinski definition) is 2. The first-order valence-corrected chi connectivity index (χ1v) is 8.68. The lowest BCUT2D eigenvalue weighted by Gasteiger charge is -2.24. The van der Waals surface area contributed by atoms with Crippen LogP contribution in [0.5, 0.6) is 0 Å². The van der Waals surface area contributed by atoms with Crippen LogP contribution < -0.4 is 11.1 Å². The minimum atomic E-state index is 0. The monoisotopic (exact) mass is 454 g/mol. The standard InChI is InChI=1S/C19H26N4O.HI/c20-19(21-11-10-16-7-2-1-3-8-16)22-15-17(18-9-6-14-24-18)23-12-4-5-13-23;/h1-3,6-9,14,17H,4-5,10-13,15H2,(H3,20,21,22);1H. The molecule has 1 saturated heterocycles. The molecule has 3 rings (SSSR count). The van der Waals surface area contributed by atoms with Gasteiger partial charge in [0.05, 0.1) is 18.8 Å². The maximum absolute atomic E-state index is 6.03. The number of aliphatic imine (C=N–C) groups is 1. The number of nitrogens with zero attached hydrogens (tertiary/aromatic N) is 2. The molecule has 1 fully saturated rings. The van der Waals surface area contributed by atoms with Crippen LogP contribution >= 0.6 is 24.0 Å². The first-order chi connectivity index (χ1) is 11.8. The van der Waals surface area contributed by atoms with E-state index < -0.39 is 0 Å². The maximum atomic E-state index is 6.03.